The van der Waals surface area contributed by atoms with E-state index in [4.69, 9.17) is 0 Å². The molecule has 0 amide bonds. The first-order valence-electron chi connectivity index (χ1n) is 5.21. The standard InChI is InChI=1S/C12H14BrNO2/c13-5-3-11(15)12(16)9-1-2-10-8(7-9)4-6-14-10/h1-2,4,6-7,11-12,14-16H,3,5H2. The highest BCUT2D eigenvalue weighted by Gasteiger charge is 2.17. The van der Waals surface area contributed by atoms with Crippen LogP contribution in [0.3, 0.4) is 0 Å². The van der Waals surface area contributed by atoms with Gasteiger partial charge in [0.25, 0.3) is 0 Å². The molecule has 16 heavy (non-hydrogen) atoms. The minimum absolute atomic E-state index is 0.534. The minimum atomic E-state index is -0.822. The lowest BCUT2D eigenvalue weighted by atomic mass is 10.0. The third-order valence-electron chi connectivity index (χ3n) is 2.69. The van der Waals surface area contributed by atoms with Gasteiger partial charge >= 0.3 is 0 Å². The summed E-state index contributed by atoms with van der Waals surface area (Å²) in [5.41, 5.74) is 1.78. The Hall–Kier alpha value is -0.840. The molecule has 86 valence electrons. The van der Waals surface area contributed by atoms with Gasteiger partial charge in [0.15, 0.2) is 0 Å². The monoisotopic (exact) mass is 283 g/mol. The van der Waals surface area contributed by atoms with Gasteiger partial charge in [-0.05, 0) is 35.6 Å². The SMILES string of the molecule is OC(CCBr)C(O)c1ccc2[nH]ccc2c1. The van der Waals surface area contributed by atoms with E-state index < -0.39 is 12.2 Å². The van der Waals surface area contributed by atoms with Crippen LogP contribution in [0.25, 0.3) is 10.9 Å². The molecule has 0 aliphatic heterocycles. The lowest BCUT2D eigenvalue weighted by molar-refractivity contribution is 0.0174. The molecule has 0 aliphatic carbocycles. The smallest absolute Gasteiger partial charge is 0.105 e. The van der Waals surface area contributed by atoms with Gasteiger partial charge in [0.2, 0.25) is 0 Å². The molecule has 0 spiro atoms. The van der Waals surface area contributed by atoms with Gasteiger partial charge in [-0.3, -0.25) is 0 Å². The Morgan fingerprint density at radius 1 is 1.25 bits per heavy atom. The van der Waals surface area contributed by atoms with Crippen molar-refractivity contribution < 1.29 is 10.2 Å². The first kappa shape index (κ1) is 11.6. The van der Waals surface area contributed by atoms with Crippen molar-refractivity contribution >= 4 is 26.8 Å². The van der Waals surface area contributed by atoms with Gasteiger partial charge in [-0.25, -0.2) is 0 Å². The molecule has 2 aromatic rings. The zero-order chi connectivity index (χ0) is 11.5. The maximum atomic E-state index is 9.94. The van der Waals surface area contributed by atoms with E-state index in [2.05, 4.69) is 20.9 Å². The Morgan fingerprint density at radius 3 is 2.81 bits per heavy atom. The number of rotatable bonds is 4. The largest absolute Gasteiger partial charge is 0.390 e. The summed E-state index contributed by atoms with van der Waals surface area (Å²) >= 11 is 3.25. The molecule has 0 saturated carbocycles. The zero-order valence-corrected chi connectivity index (χ0v) is 10.3. The number of aromatic nitrogens is 1. The zero-order valence-electron chi connectivity index (χ0n) is 8.73. The molecule has 3 N–H and O–H groups in total. The Labute approximate surface area is 102 Å². The number of aliphatic hydroxyl groups excluding tert-OH is 2. The lowest BCUT2D eigenvalue weighted by Gasteiger charge is -2.17. The topological polar surface area (TPSA) is 56.2 Å². The normalized spacial score (nSPS) is 15.2. The fourth-order valence-corrected chi connectivity index (χ4v) is 2.22. The Morgan fingerprint density at radius 2 is 2.06 bits per heavy atom. The Balaban J connectivity index is 2.24. The first-order chi connectivity index (χ1) is 7.72. The highest BCUT2D eigenvalue weighted by atomic mass is 79.9. The van der Waals surface area contributed by atoms with E-state index in [0.29, 0.717) is 11.8 Å². The van der Waals surface area contributed by atoms with Crippen LogP contribution < -0.4 is 0 Å². The predicted octanol–water partition coefficient (Wildman–Crippen LogP) is 2.35. The van der Waals surface area contributed by atoms with Crippen molar-refractivity contribution in [2.45, 2.75) is 18.6 Å². The molecular weight excluding hydrogens is 270 g/mol. The second-order valence-electron chi connectivity index (χ2n) is 3.81. The van der Waals surface area contributed by atoms with E-state index in [9.17, 15) is 10.2 Å². The van der Waals surface area contributed by atoms with E-state index in [0.717, 1.165) is 16.5 Å². The molecule has 2 unspecified atom stereocenters. The summed E-state index contributed by atoms with van der Waals surface area (Å²) in [6.07, 6.45) is 0.842. The van der Waals surface area contributed by atoms with E-state index in [1.807, 2.05) is 30.5 Å². The minimum Gasteiger partial charge on any atom is -0.390 e. The van der Waals surface area contributed by atoms with Crippen molar-refractivity contribution in [2.75, 3.05) is 5.33 Å². The van der Waals surface area contributed by atoms with Crippen LogP contribution in [0.2, 0.25) is 0 Å². The van der Waals surface area contributed by atoms with E-state index in [1.165, 1.54) is 0 Å². The maximum Gasteiger partial charge on any atom is 0.105 e. The summed E-state index contributed by atoms with van der Waals surface area (Å²) in [5.74, 6) is 0. The predicted molar refractivity (Wildman–Crippen MR) is 67.7 cm³/mol. The van der Waals surface area contributed by atoms with Crippen LogP contribution in [0.1, 0.15) is 18.1 Å². The fraction of sp³-hybridized carbons (Fsp3) is 0.333. The van der Waals surface area contributed by atoms with E-state index in [1.54, 1.807) is 0 Å². The van der Waals surface area contributed by atoms with E-state index in [-0.39, 0.29) is 0 Å². The van der Waals surface area contributed by atoms with Gasteiger partial charge in [0.05, 0.1) is 6.10 Å². The van der Waals surface area contributed by atoms with Gasteiger partial charge < -0.3 is 15.2 Å². The quantitative estimate of drug-likeness (QED) is 0.755. The number of aliphatic hydroxyl groups is 2. The third-order valence-corrected chi connectivity index (χ3v) is 3.15. The summed E-state index contributed by atoms with van der Waals surface area (Å²) in [6.45, 7) is 0. The molecule has 1 aromatic carbocycles. The molecule has 0 bridgehead atoms. The van der Waals surface area contributed by atoms with Crippen LogP contribution >= 0.6 is 15.9 Å². The van der Waals surface area contributed by atoms with Crippen molar-refractivity contribution in [1.29, 1.82) is 0 Å². The van der Waals surface area contributed by atoms with Gasteiger partial charge in [0, 0.05) is 17.0 Å². The number of H-pyrrole nitrogens is 1. The van der Waals surface area contributed by atoms with Crippen LogP contribution in [0, 0.1) is 0 Å². The molecule has 2 rings (SSSR count). The number of hydrogen-bond acceptors (Lipinski definition) is 2. The van der Waals surface area contributed by atoms with Crippen molar-refractivity contribution in [3.8, 4) is 0 Å². The highest BCUT2D eigenvalue weighted by molar-refractivity contribution is 9.09. The number of alkyl halides is 1. The second kappa shape index (κ2) is 4.99. The van der Waals surface area contributed by atoms with Gasteiger partial charge in [-0.1, -0.05) is 22.0 Å². The van der Waals surface area contributed by atoms with Crippen molar-refractivity contribution in [2.24, 2.45) is 0 Å². The van der Waals surface area contributed by atoms with Crippen molar-refractivity contribution in [3.63, 3.8) is 0 Å². The summed E-state index contributed by atoms with van der Waals surface area (Å²) in [6, 6.07) is 7.59. The molecule has 1 heterocycles. The van der Waals surface area contributed by atoms with Crippen molar-refractivity contribution in [3.05, 3.63) is 36.0 Å². The summed E-state index contributed by atoms with van der Waals surface area (Å²) < 4.78 is 0. The maximum absolute atomic E-state index is 9.94. The first-order valence-corrected chi connectivity index (χ1v) is 6.33. The van der Waals surface area contributed by atoms with Crippen LogP contribution in [0.4, 0.5) is 0 Å². The average Bonchev–Trinajstić information content (AvgIpc) is 2.75. The van der Waals surface area contributed by atoms with Gasteiger partial charge in [-0.2, -0.15) is 0 Å². The summed E-state index contributed by atoms with van der Waals surface area (Å²) in [5, 5.41) is 21.4. The van der Waals surface area contributed by atoms with Gasteiger partial charge in [0.1, 0.15) is 6.10 Å². The lowest BCUT2D eigenvalue weighted by Crippen LogP contribution is -2.18. The molecule has 0 saturated heterocycles. The van der Waals surface area contributed by atoms with Gasteiger partial charge in [-0.15, -0.1) is 0 Å². The Kier molecular flexibility index (Phi) is 3.63. The van der Waals surface area contributed by atoms with Crippen molar-refractivity contribution in [1.82, 2.24) is 4.98 Å². The van der Waals surface area contributed by atoms with Crippen LogP contribution in [0.15, 0.2) is 30.5 Å². The van der Waals surface area contributed by atoms with E-state index >= 15 is 0 Å². The number of fused-ring (bicyclic) bond motifs is 1. The summed E-state index contributed by atoms with van der Waals surface area (Å²) in [7, 11) is 0. The molecule has 2 atom stereocenters. The molecule has 1 aromatic heterocycles. The number of benzene rings is 1. The van der Waals surface area contributed by atoms with Crippen LogP contribution in [-0.4, -0.2) is 26.6 Å². The molecule has 0 radical (unpaired) electrons. The molecule has 4 heteroatoms. The van der Waals surface area contributed by atoms with Crippen LogP contribution in [-0.2, 0) is 0 Å². The molecular formula is C12H14BrNO2. The fourth-order valence-electron chi connectivity index (χ4n) is 1.75. The summed E-state index contributed by atoms with van der Waals surface area (Å²) in [4.78, 5) is 3.09. The Bertz CT molecular complexity index is 469. The van der Waals surface area contributed by atoms with Crippen LogP contribution in [0.5, 0.6) is 0 Å². The average molecular weight is 284 g/mol. The number of halogens is 1. The number of aromatic amines is 1. The second-order valence-corrected chi connectivity index (χ2v) is 4.61. The molecule has 0 aliphatic rings. The number of hydrogen-bond donors (Lipinski definition) is 3. The third kappa shape index (κ3) is 2.29. The number of nitrogens with one attached hydrogen (secondary N) is 1. The molecule has 0 fully saturated rings. The molecule has 3 nitrogen and oxygen atoms in total. The highest BCUT2D eigenvalue weighted by Crippen LogP contribution is 2.23.